The summed E-state index contributed by atoms with van der Waals surface area (Å²) in [6.07, 6.45) is 1.54. The Balaban J connectivity index is 1.69. The summed E-state index contributed by atoms with van der Waals surface area (Å²) in [5.74, 6) is -1.12. The number of quaternary nitrogens is 1. The minimum Gasteiger partial charge on any atom is -0.370 e. The number of carbonyl (C=O) groups is 2. The first-order valence-corrected chi connectivity index (χ1v) is 10.1. The minimum atomic E-state index is -0.382. The Labute approximate surface area is 175 Å². The van der Waals surface area contributed by atoms with Gasteiger partial charge in [-0.05, 0) is 42.8 Å². The highest BCUT2D eigenvalue weighted by atomic mass is 19.1. The minimum absolute atomic E-state index is 0.115. The maximum absolute atomic E-state index is 13.2. The van der Waals surface area contributed by atoms with Crippen molar-refractivity contribution >= 4 is 17.9 Å². The third-order valence-corrected chi connectivity index (χ3v) is 4.95. The standard InChI is InChI=1S/C23H26FN3O3/c1-17-2-6-19(7-3-17)22(28)26-21(16-18-4-8-20(24)9-5-18)23(29)25-10-11-27-12-14-30-15-13-27/h2-9,16H,10-15H2,1H3,(H,25,29)(H,26,28)/p+1/b21-16+. The third-order valence-electron chi connectivity index (χ3n) is 4.95. The Morgan fingerprint density at radius 3 is 2.40 bits per heavy atom. The van der Waals surface area contributed by atoms with Crippen LogP contribution in [0.15, 0.2) is 54.2 Å². The molecule has 0 aliphatic carbocycles. The first-order valence-electron chi connectivity index (χ1n) is 10.1. The largest absolute Gasteiger partial charge is 0.370 e. The molecule has 0 spiro atoms. The molecule has 0 saturated carbocycles. The van der Waals surface area contributed by atoms with Gasteiger partial charge in [0.25, 0.3) is 11.8 Å². The number of amides is 2. The highest BCUT2D eigenvalue weighted by Crippen LogP contribution is 2.09. The SMILES string of the molecule is Cc1ccc(C(=O)N/C(=C/c2ccc(F)cc2)C(=O)NCC[NH+]2CCOCC2)cc1. The molecule has 7 heteroatoms. The Hall–Kier alpha value is -3.03. The fourth-order valence-corrected chi connectivity index (χ4v) is 3.14. The smallest absolute Gasteiger partial charge is 0.268 e. The van der Waals surface area contributed by atoms with E-state index in [9.17, 15) is 14.0 Å². The van der Waals surface area contributed by atoms with E-state index in [4.69, 9.17) is 4.74 Å². The van der Waals surface area contributed by atoms with Gasteiger partial charge in [0.1, 0.15) is 24.6 Å². The van der Waals surface area contributed by atoms with Gasteiger partial charge in [0.2, 0.25) is 0 Å². The number of ether oxygens (including phenoxy) is 1. The lowest BCUT2D eigenvalue weighted by Crippen LogP contribution is -3.14. The number of carbonyl (C=O) groups excluding carboxylic acids is 2. The maximum atomic E-state index is 13.2. The van der Waals surface area contributed by atoms with Crippen LogP contribution in [0.1, 0.15) is 21.5 Å². The molecule has 158 valence electrons. The summed E-state index contributed by atoms with van der Waals surface area (Å²) in [5.41, 5.74) is 2.22. The average Bonchev–Trinajstić information content (AvgIpc) is 2.76. The van der Waals surface area contributed by atoms with Crippen LogP contribution in [0.3, 0.4) is 0 Å². The lowest BCUT2D eigenvalue weighted by atomic mass is 10.1. The van der Waals surface area contributed by atoms with Gasteiger partial charge in [-0.1, -0.05) is 29.8 Å². The molecule has 0 atom stereocenters. The van der Waals surface area contributed by atoms with Gasteiger partial charge >= 0.3 is 0 Å². The fraction of sp³-hybridized carbons (Fsp3) is 0.304. The maximum Gasteiger partial charge on any atom is 0.268 e. The summed E-state index contributed by atoms with van der Waals surface area (Å²) >= 11 is 0. The number of hydrogen-bond donors (Lipinski definition) is 3. The molecule has 30 heavy (non-hydrogen) atoms. The molecule has 0 aromatic heterocycles. The Morgan fingerprint density at radius 1 is 1.07 bits per heavy atom. The molecule has 1 heterocycles. The lowest BCUT2D eigenvalue weighted by molar-refractivity contribution is -0.906. The Bertz CT molecular complexity index is 889. The van der Waals surface area contributed by atoms with E-state index in [1.54, 1.807) is 30.3 Å². The number of nitrogens with one attached hydrogen (secondary N) is 3. The molecular weight excluding hydrogens is 385 g/mol. The molecule has 2 aromatic rings. The number of benzene rings is 2. The van der Waals surface area contributed by atoms with Crippen molar-refractivity contribution in [2.45, 2.75) is 6.92 Å². The Morgan fingerprint density at radius 2 is 1.73 bits per heavy atom. The summed E-state index contributed by atoms with van der Waals surface area (Å²) in [6.45, 7) is 6.49. The van der Waals surface area contributed by atoms with E-state index in [-0.39, 0.29) is 23.3 Å². The van der Waals surface area contributed by atoms with E-state index in [1.807, 2.05) is 19.1 Å². The van der Waals surface area contributed by atoms with Gasteiger partial charge in [0.05, 0.1) is 26.3 Å². The number of halogens is 1. The van der Waals surface area contributed by atoms with Crippen LogP contribution in [0.2, 0.25) is 0 Å². The van der Waals surface area contributed by atoms with Crippen LogP contribution in [0.5, 0.6) is 0 Å². The van der Waals surface area contributed by atoms with E-state index in [2.05, 4.69) is 10.6 Å². The predicted octanol–water partition coefficient (Wildman–Crippen LogP) is 0.936. The molecule has 1 aliphatic rings. The molecule has 2 aromatic carbocycles. The lowest BCUT2D eigenvalue weighted by Gasteiger charge is -2.23. The molecule has 1 aliphatic heterocycles. The van der Waals surface area contributed by atoms with Gasteiger partial charge in [-0.3, -0.25) is 9.59 Å². The quantitative estimate of drug-likeness (QED) is 0.593. The summed E-state index contributed by atoms with van der Waals surface area (Å²) in [4.78, 5) is 26.8. The van der Waals surface area contributed by atoms with Crippen molar-refractivity contribution < 1.29 is 23.6 Å². The summed E-state index contributed by atoms with van der Waals surface area (Å²) in [5, 5.41) is 5.56. The topological polar surface area (TPSA) is 71.9 Å². The highest BCUT2D eigenvalue weighted by molar-refractivity contribution is 6.05. The molecule has 6 nitrogen and oxygen atoms in total. The number of rotatable bonds is 7. The molecule has 0 radical (unpaired) electrons. The van der Waals surface area contributed by atoms with Crippen molar-refractivity contribution in [1.29, 1.82) is 0 Å². The third kappa shape index (κ3) is 6.50. The van der Waals surface area contributed by atoms with Crippen molar-refractivity contribution in [3.8, 4) is 0 Å². The first kappa shape index (κ1) is 21.7. The van der Waals surface area contributed by atoms with Gasteiger partial charge in [0.15, 0.2) is 0 Å². The Kier molecular flexibility index (Phi) is 7.70. The molecule has 1 saturated heterocycles. The van der Waals surface area contributed by atoms with Gasteiger partial charge < -0.3 is 20.3 Å². The first-order chi connectivity index (χ1) is 14.5. The van der Waals surface area contributed by atoms with Gasteiger partial charge in [-0.2, -0.15) is 0 Å². The second-order valence-electron chi connectivity index (χ2n) is 7.30. The van der Waals surface area contributed by atoms with Gasteiger partial charge in [-0.25, -0.2) is 4.39 Å². The molecule has 3 N–H and O–H groups in total. The van der Waals surface area contributed by atoms with Crippen LogP contribution in [0, 0.1) is 12.7 Å². The number of aryl methyl sites for hydroxylation is 1. The van der Waals surface area contributed by atoms with Crippen molar-refractivity contribution in [2.24, 2.45) is 0 Å². The van der Waals surface area contributed by atoms with E-state index in [1.165, 1.54) is 17.0 Å². The van der Waals surface area contributed by atoms with Gasteiger partial charge in [-0.15, -0.1) is 0 Å². The summed E-state index contributed by atoms with van der Waals surface area (Å²) in [7, 11) is 0. The van der Waals surface area contributed by atoms with Crippen LogP contribution in [-0.4, -0.2) is 51.2 Å². The van der Waals surface area contributed by atoms with Crippen molar-refractivity contribution in [3.63, 3.8) is 0 Å². The molecule has 1 fully saturated rings. The van der Waals surface area contributed by atoms with Crippen LogP contribution in [0.4, 0.5) is 4.39 Å². The van der Waals surface area contributed by atoms with Gasteiger partial charge in [0, 0.05) is 5.56 Å². The van der Waals surface area contributed by atoms with Crippen LogP contribution >= 0.6 is 0 Å². The fourth-order valence-electron chi connectivity index (χ4n) is 3.14. The molecule has 0 unspecified atom stereocenters. The molecule has 3 rings (SSSR count). The molecule has 2 amide bonds. The van der Waals surface area contributed by atoms with Crippen LogP contribution in [-0.2, 0) is 9.53 Å². The zero-order valence-electron chi connectivity index (χ0n) is 17.0. The number of morpholine rings is 1. The predicted molar refractivity (Wildman–Crippen MR) is 112 cm³/mol. The normalized spacial score (nSPS) is 14.9. The zero-order chi connectivity index (χ0) is 21.3. The average molecular weight is 412 g/mol. The van der Waals surface area contributed by atoms with Crippen molar-refractivity contribution in [3.05, 3.63) is 76.7 Å². The van der Waals surface area contributed by atoms with E-state index in [0.29, 0.717) is 17.7 Å². The highest BCUT2D eigenvalue weighted by Gasteiger charge is 2.17. The monoisotopic (exact) mass is 412 g/mol. The molecule has 0 bridgehead atoms. The summed E-state index contributed by atoms with van der Waals surface area (Å²) < 4.78 is 18.6. The van der Waals surface area contributed by atoms with E-state index in [0.717, 1.165) is 38.4 Å². The van der Waals surface area contributed by atoms with Crippen molar-refractivity contribution in [1.82, 2.24) is 10.6 Å². The second kappa shape index (κ2) is 10.7. The molecular formula is C23H27FN3O3+. The number of hydrogen-bond acceptors (Lipinski definition) is 3. The zero-order valence-corrected chi connectivity index (χ0v) is 17.0. The van der Waals surface area contributed by atoms with Crippen LogP contribution < -0.4 is 15.5 Å². The van der Waals surface area contributed by atoms with E-state index < -0.39 is 0 Å². The summed E-state index contributed by atoms with van der Waals surface area (Å²) in [6, 6.07) is 12.8. The second-order valence-corrected chi connectivity index (χ2v) is 7.30. The van der Waals surface area contributed by atoms with Crippen LogP contribution in [0.25, 0.3) is 6.08 Å². The van der Waals surface area contributed by atoms with Crippen molar-refractivity contribution in [2.75, 3.05) is 39.4 Å². The van der Waals surface area contributed by atoms with E-state index >= 15 is 0 Å².